The van der Waals surface area contributed by atoms with E-state index < -0.39 is 0 Å². The van der Waals surface area contributed by atoms with Crippen molar-refractivity contribution in [2.75, 3.05) is 5.32 Å². The second kappa shape index (κ2) is 7.41. The van der Waals surface area contributed by atoms with Crippen molar-refractivity contribution in [1.29, 1.82) is 0 Å². The van der Waals surface area contributed by atoms with Crippen LogP contribution >= 0.6 is 0 Å². The van der Waals surface area contributed by atoms with Crippen LogP contribution in [0.15, 0.2) is 59.9 Å². The number of aryl methyl sites for hydroxylation is 1. The molecule has 3 rings (SSSR count). The van der Waals surface area contributed by atoms with E-state index >= 15 is 0 Å². The van der Waals surface area contributed by atoms with E-state index in [1.165, 1.54) is 11.9 Å². The summed E-state index contributed by atoms with van der Waals surface area (Å²) < 4.78 is 0. The lowest BCUT2D eigenvalue weighted by molar-refractivity contribution is 1.06. The van der Waals surface area contributed by atoms with Gasteiger partial charge in [-0.15, -0.1) is 0 Å². The van der Waals surface area contributed by atoms with Crippen molar-refractivity contribution in [1.82, 2.24) is 15.2 Å². The van der Waals surface area contributed by atoms with E-state index in [0.29, 0.717) is 12.5 Å². The van der Waals surface area contributed by atoms with Gasteiger partial charge in [-0.3, -0.25) is 5.10 Å². The summed E-state index contributed by atoms with van der Waals surface area (Å²) in [6.45, 7) is 2.62. The lowest BCUT2D eigenvalue weighted by Crippen LogP contribution is -2.22. The van der Waals surface area contributed by atoms with Gasteiger partial charge in [0.05, 0.1) is 6.54 Å². The zero-order chi connectivity index (χ0) is 16.8. The Morgan fingerprint density at radius 1 is 1.17 bits per heavy atom. The summed E-state index contributed by atoms with van der Waals surface area (Å²) in [7, 11) is 0. The quantitative estimate of drug-likeness (QED) is 0.498. The number of hydrogen-bond acceptors (Lipinski definition) is 3. The largest absolute Gasteiger partial charge is 0.370 e. The molecule has 0 saturated heterocycles. The molecule has 0 spiro atoms. The Labute approximate surface area is 140 Å². The fourth-order valence-electron chi connectivity index (χ4n) is 2.39. The van der Waals surface area contributed by atoms with Crippen molar-refractivity contribution in [2.45, 2.75) is 19.9 Å². The maximum absolute atomic E-state index is 5.99. The van der Waals surface area contributed by atoms with Crippen LogP contribution in [-0.4, -0.2) is 21.1 Å². The Bertz CT molecular complexity index is 823. The third-order valence-corrected chi connectivity index (χ3v) is 3.66. The summed E-state index contributed by atoms with van der Waals surface area (Å²) in [5, 5.41) is 9.85. The summed E-state index contributed by atoms with van der Waals surface area (Å²) in [5.41, 5.74) is 10.2. The van der Waals surface area contributed by atoms with Gasteiger partial charge >= 0.3 is 0 Å². The SMILES string of the molecule is CCc1cccc(NC(N)=NCc2cccc(-c3ncn[nH]3)c2)c1. The minimum absolute atomic E-state index is 0.397. The van der Waals surface area contributed by atoms with Crippen LogP contribution in [0.1, 0.15) is 18.1 Å². The molecule has 3 aromatic rings. The van der Waals surface area contributed by atoms with Crippen LogP contribution in [0.2, 0.25) is 0 Å². The monoisotopic (exact) mass is 320 g/mol. The molecule has 122 valence electrons. The standard InChI is InChI=1S/C18H20N6/c1-2-13-5-4-8-16(10-13)23-18(19)20-11-14-6-3-7-15(9-14)17-21-12-22-24-17/h3-10,12H,2,11H2,1H3,(H3,19,20,23)(H,21,22,24). The number of nitrogens with zero attached hydrogens (tertiary/aromatic N) is 3. The van der Waals surface area contributed by atoms with Gasteiger partial charge in [-0.05, 0) is 35.7 Å². The number of nitrogens with two attached hydrogens (primary N) is 1. The minimum Gasteiger partial charge on any atom is -0.370 e. The number of aromatic amines is 1. The van der Waals surface area contributed by atoms with E-state index in [1.807, 2.05) is 36.4 Å². The Hall–Kier alpha value is -3.15. The highest BCUT2D eigenvalue weighted by atomic mass is 15.2. The number of aromatic nitrogens is 3. The third kappa shape index (κ3) is 3.98. The fraction of sp³-hybridized carbons (Fsp3) is 0.167. The first-order valence-electron chi connectivity index (χ1n) is 7.85. The Morgan fingerprint density at radius 3 is 2.79 bits per heavy atom. The predicted octanol–water partition coefficient (Wildman–Crippen LogP) is 2.96. The highest BCUT2D eigenvalue weighted by molar-refractivity contribution is 5.92. The Morgan fingerprint density at radius 2 is 2.00 bits per heavy atom. The Balaban J connectivity index is 1.67. The second-order valence-corrected chi connectivity index (χ2v) is 5.41. The van der Waals surface area contributed by atoms with Crippen molar-refractivity contribution in [3.05, 3.63) is 66.0 Å². The van der Waals surface area contributed by atoms with E-state index in [2.05, 4.69) is 44.5 Å². The molecule has 1 aromatic heterocycles. The topological polar surface area (TPSA) is 92.0 Å². The van der Waals surface area contributed by atoms with Gasteiger partial charge < -0.3 is 11.1 Å². The fourth-order valence-corrected chi connectivity index (χ4v) is 2.39. The van der Waals surface area contributed by atoms with Crippen LogP contribution in [0.5, 0.6) is 0 Å². The third-order valence-electron chi connectivity index (χ3n) is 3.66. The van der Waals surface area contributed by atoms with Gasteiger partial charge in [0, 0.05) is 11.3 Å². The van der Waals surface area contributed by atoms with Gasteiger partial charge in [0.1, 0.15) is 6.33 Å². The van der Waals surface area contributed by atoms with Crippen LogP contribution < -0.4 is 11.1 Å². The van der Waals surface area contributed by atoms with Gasteiger partial charge in [-0.25, -0.2) is 9.98 Å². The zero-order valence-electron chi connectivity index (χ0n) is 13.5. The van der Waals surface area contributed by atoms with E-state index in [4.69, 9.17) is 5.73 Å². The molecule has 4 N–H and O–H groups in total. The van der Waals surface area contributed by atoms with Crippen LogP contribution in [0.3, 0.4) is 0 Å². The second-order valence-electron chi connectivity index (χ2n) is 5.41. The molecule has 0 saturated carbocycles. The molecule has 0 bridgehead atoms. The van der Waals surface area contributed by atoms with Gasteiger partial charge in [0.25, 0.3) is 0 Å². The number of rotatable bonds is 5. The molecule has 0 atom stereocenters. The molecular weight excluding hydrogens is 300 g/mol. The van der Waals surface area contributed by atoms with Crippen molar-refractivity contribution in [3.63, 3.8) is 0 Å². The first kappa shape index (κ1) is 15.7. The molecule has 0 fully saturated rings. The molecule has 2 aromatic carbocycles. The number of anilines is 1. The van der Waals surface area contributed by atoms with Gasteiger partial charge in [-0.2, -0.15) is 5.10 Å². The highest BCUT2D eigenvalue weighted by Crippen LogP contribution is 2.16. The minimum atomic E-state index is 0.397. The van der Waals surface area contributed by atoms with Crippen molar-refractivity contribution >= 4 is 11.6 Å². The van der Waals surface area contributed by atoms with Crippen molar-refractivity contribution in [2.24, 2.45) is 10.7 Å². The maximum atomic E-state index is 5.99. The van der Waals surface area contributed by atoms with Crippen LogP contribution in [0, 0.1) is 0 Å². The first-order valence-corrected chi connectivity index (χ1v) is 7.85. The molecule has 0 unspecified atom stereocenters. The average molecular weight is 320 g/mol. The lowest BCUT2D eigenvalue weighted by Gasteiger charge is -2.07. The molecule has 6 heteroatoms. The molecule has 1 heterocycles. The number of guanidine groups is 1. The summed E-state index contributed by atoms with van der Waals surface area (Å²) in [6.07, 6.45) is 2.48. The summed E-state index contributed by atoms with van der Waals surface area (Å²) in [6, 6.07) is 16.1. The molecule has 24 heavy (non-hydrogen) atoms. The van der Waals surface area contributed by atoms with Crippen LogP contribution in [0.4, 0.5) is 5.69 Å². The molecule has 0 aliphatic carbocycles. The number of H-pyrrole nitrogens is 1. The molecule has 0 aliphatic heterocycles. The Kier molecular flexibility index (Phi) is 4.86. The van der Waals surface area contributed by atoms with E-state index in [9.17, 15) is 0 Å². The van der Waals surface area contributed by atoms with E-state index in [-0.39, 0.29) is 0 Å². The van der Waals surface area contributed by atoms with Gasteiger partial charge in [0.2, 0.25) is 0 Å². The predicted molar refractivity (Wildman–Crippen MR) is 96.6 cm³/mol. The normalized spacial score (nSPS) is 11.5. The highest BCUT2D eigenvalue weighted by Gasteiger charge is 2.02. The maximum Gasteiger partial charge on any atom is 0.193 e. The molecule has 0 amide bonds. The number of aliphatic imine (C=N–C) groups is 1. The summed E-state index contributed by atoms with van der Waals surface area (Å²) in [4.78, 5) is 8.56. The van der Waals surface area contributed by atoms with Gasteiger partial charge in [0.15, 0.2) is 11.8 Å². The average Bonchev–Trinajstić information content (AvgIpc) is 3.15. The molecular formula is C18H20N6. The molecule has 0 aliphatic rings. The van der Waals surface area contributed by atoms with Crippen molar-refractivity contribution < 1.29 is 0 Å². The van der Waals surface area contributed by atoms with E-state index in [1.54, 1.807) is 0 Å². The van der Waals surface area contributed by atoms with Crippen LogP contribution in [-0.2, 0) is 13.0 Å². The van der Waals surface area contributed by atoms with Crippen molar-refractivity contribution in [3.8, 4) is 11.4 Å². The van der Waals surface area contributed by atoms with E-state index in [0.717, 1.165) is 29.1 Å². The zero-order valence-corrected chi connectivity index (χ0v) is 13.5. The summed E-state index contributed by atoms with van der Waals surface area (Å²) >= 11 is 0. The number of nitrogens with one attached hydrogen (secondary N) is 2. The summed E-state index contributed by atoms with van der Waals surface area (Å²) in [5.74, 6) is 1.14. The smallest absolute Gasteiger partial charge is 0.193 e. The van der Waals surface area contributed by atoms with Gasteiger partial charge in [-0.1, -0.05) is 37.3 Å². The first-order chi connectivity index (χ1) is 11.7. The van der Waals surface area contributed by atoms with Crippen LogP contribution in [0.25, 0.3) is 11.4 Å². The lowest BCUT2D eigenvalue weighted by atomic mass is 10.1. The number of hydrogen-bond donors (Lipinski definition) is 3. The molecule has 0 radical (unpaired) electrons. The molecule has 6 nitrogen and oxygen atoms in total. The number of benzene rings is 2.